The molecule has 1 amide bonds. The summed E-state index contributed by atoms with van der Waals surface area (Å²) in [5.41, 5.74) is 13.2. The fraction of sp³-hybridized carbons (Fsp3) is 0.0400. The van der Waals surface area contributed by atoms with E-state index in [-0.39, 0.29) is 22.7 Å². The number of fused-ring (bicyclic) bond motifs is 2. The summed E-state index contributed by atoms with van der Waals surface area (Å²) in [5.74, 6) is 0.0561. The van der Waals surface area contributed by atoms with Gasteiger partial charge in [-0.25, -0.2) is 0 Å². The number of hydrogen-bond acceptors (Lipinski definition) is 9. The Balaban J connectivity index is 0.000000197. The Morgan fingerprint density at radius 2 is 1.78 bits per heavy atom. The van der Waals surface area contributed by atoms with Crippen molar-refractivity contribution in [3.63, 3.8) is 0 Å². The summed E-state index contributed by atoms with van der Waals surface area (Å²) in [4.78, 5) is 22.4. The molecule has 0 unspecified atom stereocenters. The van der Waals surface area contributed by atoms with Crippen molar-refractivity contribution in [2.24, 2.45) is 0 Å². The van der Waals surface area contributed by atoms with E-state index in [4.69, 9.17) is 16.2 Å². The molecule has 10 nitrogen and oxygen atoms in total. The van der Waals surface area contributed by atoms with E-state index in [1.165, 1.54) is 12.1 Å². The predicted octanol–water partition coefficient (Wildman–Crippen LogP) is 5.18. The SMILES string of the molecule is COc1ccc(NC(=O)c2cc3ccccc3c(N)c2O)cc1.Nc1snc2ccc([N+](=O)[O-])cc12. The highest BCUT2D eigenvalue weighted by Gasteiger charge is 2.16. The normalized spacial score (nSPS) is 10.5. The number of phenolic OH excluding ortho intramolecular Hbond substituents is 1. The molecule has 0 radical (unpaired) electrons. The molecule has 0 spiro atoms. The summed E-state index contributed by atoms with van der Waals surface area (Å²) < 4.78 is 9.09. The predicted molar refractivity (Wildman–Crippen MR) is 142 cm³/mol. The molecule has 4 aromatic carbocycles. The molecule has 11 heteroatoms. The van der Waals surface area contributed by atoms with Gasteiger partial charge in [-0.3, -0.25) is 14.9 Å². The maximum absolute atomic E-state index is 12.4. The largest absolute Gasteiger partial charge is 0.505 e. The van der Waals surface area contributed by atoms with E-state index in [1.807, 2.05) is 18.2 Å². The Labute approximate surface area is 209 Å². The molecule has 36 heavy (non-hydrogen) atoms. The van der Waals surface area contributed by atoms with Gasteiger partial charge in [0, 0.05) is 28.6 Å². The van der Waals surface area contributed by atoms with Crippen LogP contribution in [0.25, 0.3) is 21.7 Å². The summed E-state index contributed by atoms with van der Waals surface area (Å²) in [7, 11) is 1.57. The minimum absolute atomic E-state index is 0.0411. The highest BCUT2D eigenvalue weighted by molar-refractivity contribution is 7.11. The fourth-order valence-corrected chi connectivity index (χ4v) is 4.09. The average molecular weight is 504 g/mol. The van der Waals surface area contributed by atoms with Crippen LogP contribution in [0.1, 0.15) is 10.4 Å². The van der Waals surface area contributed by atoms with Crippen LogP contribution in [0.2, 0.25) is 0 Å². The summed E-state index contributed by atoms with van der Waals surface area (Å²) in [5, 5.41) is 26.1. The number of hydrogen-bond donors (Lipinski definition) is 4. The number of non-ortho nitro benzene ring substituents is 1. The smallest absolute Gasteiger partial charge is 0.270 e. The van der Waals surface area contributed by atoms with Gasteiger partial charge in [0.25, 0.3) is 11.6 Å². The molecule has 1 aromatic heterocycles. The molecule has 182 valence electrons. The number of phenols is 1. The third-order valence-corrected chi connectivity index (χ3v) is 6.06. The van der Waals surface area contributed by atoms with E-state index in [0.717, 1.165) is 16.9 Å². The zero-order chi connectivity index (χ0) is 25.8. The lowest BCUT2D eigenvalue weighted by Crippen LogP contribution is -2.12. The van der Waals surface area contributed by atoms with Crippen molar-refractivity contribution in [1.29, 1.82) is 0 Å². The van der Waals surface area contributed by atoms with Crippen LogP contribution < -0.4 is 21.5 Å². The van der Waals surface area contributed by atoms with Crippen LogP contribution >= 0.6 is 11.5 Å². The number of nitro benzene ring substituents is 1. The van der Waals surface area contributed by atoms with Gasteiger partial charge >= 0.3 is 0 Å². The van der Waals surface area contributed by atoms with Crippen molar-refractivity contribution in [2.45, 2.75) is 0 Å². The van der Waals surface area contributed by atoms with Crippen molar-refractivity contribution in [3.05, 3.63) is 88.5 Å². The summed E-state index contributed by atoms with van der Waals surface area (Å²) in [6, 6.07) is 20.3. The van der Waals surface area contributed by atoms with Gasteiger partial charge in [-0.2, -0.15) is 4.37 Å². The first-order valence-corrected chi connectivity index (χ1v) is 11.3. The summed E-state index contributed by atoms with van der Waals surface area (Å²) in [6.45, 7) is 0. The molecule has 0 aliphatic rings. The highest BCUT2D eigenvalue weighted by Crippen LogP contribution is 2.34. The summed E-state index contributed by atoms with van der Waals surface area (Å²) in [6.07, 6.45) is 0. The average Bonchev–Trinajstić information content (AvgIpc) is 3.27. The molecule has 0 fully saturated rings. The molecular formula is C25H21N5O5S. The van der Waals surface area contributed by atoms with Crippen LogP contribution in [-0.2, 0) is 0 Å². The van der Waals surface area contributed by atoms with Crippen LogP contribution in [0.5, 0.6) is 11.5 Å². The second-order valence-corrected chi connectivity index (χ2v) is 8.40. The third kappa shape index (κ3) is 4.95. The lowest BCUT2D eigenvalue weighted by Gasteiger charge is -2.11. The zero-order valence-corrected chi connectivity index (χ0v) is 19.8. The molecule has 6 N–H and O–H groups in total. The lowest BCUT2D eigenvalue weighted by molar-refractivity contribution is -0.384. The number of ether oxygens (including phenoxy) is 1. The maximum atomic E-state index is 12.4. The monoisotopic (exact) mass is 503 g/mol. The van der Waals surface area contributed by atoms with E-state index in [9.17, 15) is 20.0 Å². The van der Waals surface area contributed by atoms with E-state index in [0.29, 0.717) is 32.7 Å². The third-order valence-electron chi connectivity index (χ3n) is 5.35. The van der Waals surface area contributed by atoms with E-state index >= 15 is 0 Å². The topological polar surface area (TPSA) is 167 Å². The number of carbonyl (C=O) groups excluding carboxylic acids is 1. The molecule has 0 aliphatic carbocycles. The van der Waals surface area contributed by atoms with E-state index in [2.05, 4.69) is 9.69 Å². The Morgan fingerprint density at radius 1 is 1.06 bits per heavy atom. The van der Waals surface area contributed by atoms with Gasteiger partial charge in [0.05, 0.1) is 28.8 Å². The van der Waals surface area contributed by atoms with Gasteiger partial charge in [-0.1, -0.05) is 24.3 Å². The van der Waals surface area contributed by atoms with Crippen molar-refractivity contribution in [3.8, 4) is 11.5 Å². The highest BCUT2D eigenvalue weighted by atomic mass is 32.1. The second-order valence-electron chi connectivity index (χ2n) is 7.60. The van der Waals surface area contributed by atoms with Crippen molar-refractivity contribution in [2.75, 3.05) is 23.9 Å². The molecule has 1 heterocycles. The van der Waals surface area contributed by atoms with Crippen LogP contribution in [0.3, 0.4) is 0 Å². The molecule has 0 saturated heterocycles. The van der Waals surface area contributed by atoms with Gasteiger partial charge < -0.3 is 26.6 Å². The number of nitro groups is 1. The molecule has 5 rings (SSSR count). The second kappa shape index (κ2) is 10.2. The molecule has 0 aliphatic heterocycles. The minimum atomic E-state index is -0.448. The van der Waals surface area contributed by atoms with Crippen molar-refractivity contribution in [1.82, 2.24) is 4.37 Å². The molecular weight excluding hydrogens is 482 g/mol. The van der Waals surface area contributed by atoms with Crippen molar-refractivity contribution < 1.29 is 19.6 Å². The number of aromatic hydroxyl groups is 1. The molecule has 0 bridgehead atoms. The van der Waals surface area contributed by atoms with Gasteiger partial charge in [0.1, 0.15) is 10.8 Å². The number of nitrogen functional groups attached to an aromatic ring is 2. The Bertz CT molecular complexity index is 1580. The Kier molecular flexibility index (Phi) is 6.84. The van der Waals surface area contributed by atoms with Crippen molar-refractivity contribution >= 4 is 61.2 Å². The number of anilines is 3. The van der Waals surface area contributed by atoms with Crippen LogP contribution in [0.4, 0.5) is 22.1 Å². The van der Waals surface area contributed by atoms with E-state index < -0.39 is 10.8 Å². The quantitative estimate of drug-likeness (QED) is 0.113. The number of nitrogens with zero attached hydrogens (tertiary/aromatic N) is 2. The van der Waals surface area contributed by atoms with Gasteiger partial charge in [-0.15, -0.1) is 0 Å². The van der Waals surface area contributed by atoms with Crippen LogP contribution in [0.15, 0.2) is 72.8 Å². The van der Waals surface area contributed by atoms with Gasteiger partial charge in [0.2, 0.25) is 0 Å². The molecule has 0 atom stereocenters. The van der Waals surface area contributed by atoms with Crippen LogP contribution in [0, 0.1) is 10.1 Å². The number of carbonyl (C=O) groups is 1. The number of amides is 1. The first-order chi connectivity index (χ1) is 17.3. The zero-order valence-electron chi connectivity index (χ0n) is 19.0. The number of rotatable bonds is 4. The summed E-state index contributed by atoms with van der Waals surface area (Å²) >= 11 is 1.14. The fourth-order valence-electron chi connectivity index (χ4n) is 3.47. The minimum Gasteiger partial charge on any atom is -0.505 e. The first kappa shape index (κ1) is 24.2. The van der Waals surface area contributed by atoms with Crippen LogP contribution in [-0.4, -0.2) is 27.4 Å². The standard InChI is InChI=1S/C18H16N2O3.C7H5N3O2S/c1-23-13-8-6-12(7-9-13)20-18(22)15-10-11-4-2-3-5-14(11)16(19)17(15)21;8-7-5-3-4(10(11)12)1-2-6(5)9-13-7/h2-10,21H,19H2,1H3,(H,20,22);1-3H,8H2. The first-order valence-electron chi connectivity index (χ1n) is 10.5. The van der Waals surface area contributed by atoms with E-state index in [1.54, 1.807) is 49.6 Å². The number of benzene rings is 4. The molecule has 5 aromatic rings. The lowest BCUT2D eigenvalue weighted by atomic mass is 10.0. The Morgan fingerprint density at radius 3 is 2.47 bits per heavy atom. The number of nitrogens with one attached hydrogen (secondary N) is 1. The number of aromatic nitrogens is 1. The molecule has 0 saturated carbocycles. The number of nitrogens with two attached hydrogens (primary N) is 2. The van der Waals surface area contributed by atoms with Gasteiger partial charge in [0.15, 0.2) is 5.75 Å². The Hall–Kier alpha value is -4.90. The number of methoxy groups -OCH3 is 1. The van der Waals surface area contributed by atoms with Gasteiger partial charge in [-0.05, 0) is 53.3 Å². The maximum Gasteiger partial charge on any atom is 0.270 e.